The Bertz CT molecular complexity index is 654. The second-order valence-electron chi connectivity index (χ2n) is 4.54. The van der Waals surface area contributed by atoms with Crippen molar-refractivity contribution >= 4 is 11.6 Å². The molecule has 1 aromatic heterocycles. The van der Waals surface area contributed by atoms with Gasteiger partial charge in [-0.25, -0.2) is 4.98 Å². The van der Waals surface area contributed by atoms with Crippen LogP contribution in [0.15, 0.2) is 24.3 Å². The lowest BCUT2D eigenvalue weighted by Crippen LogP contribution is -2.23. The van der Waals surface area contributed by atoms with Crippen LogP contribution in [0.3, 0.4) is 0 Å². The molecule has 1 aromatic carbocycles. The first-order valence-corrected chi connectivity index (χ1v) is 6.53. The van der Waals surface area contributed by atoms with Gasteiger partial charge in [0, 0.05) is 11.3 Å². The summed E-state index contributed by atoms with van der Waals surface area (Å²) in [5.41, 5.74) is 6.54. The number of amides is 1. The molecule has 2 aromatic rings. The van der Waals surface area contributed by atoms with Crippen LogP contribution in [0.2, 0.25) is 0 Å². The highest BCUT2D eigenvalue weighted by atomic mass is 19.4. The molecule has 7 nitrogen and oxygen atoms in total. The lowest BCUT2D eigenvalue weighted by Gasteiger charge is -2.08. The van der Waals surface area contributed by atoms with Crippen molar-refractivity contribution in [1.82, 2.24) is 15.2 Å². The number of aromatic amines is 1. The van der Waals surface area contributed by atoms with Crippen LogP contribution in [-0.4, -0.2) is 40.5 Å². The Labute approximate surface area is 129 Å². The summed E-state index contributed by atoms with van der Waals surface area (Å²) in [6.45, 7) is -1.91. The van der Waals surface area contributed by atoms with Gasteiger partial charge in [0.1, 0.15) is 19.0 Å². The van der Waals surface area contributed by atoms with Gasteiger partial charge in [-0.3, -0.25) is 9.89 Å². The third-order valence-corrected chi connectivity index (χ3v) is 2.65. The van der Waals surface area contributed by atoms with Crippen molar-refractivity contribution in [3.63, 3.8) is 0 Å². The molecule has 0 fully saturated rings. The van der Waals surface area contributed by atoms with Crippen molar-refractivity contribution in [3.8, 4) is 11.4 Å². The Morgan fingerprint density at radius 2 is 2.00 bits per heavy atom. The number of hydrogen-bond donors (Lipinski definition) is 3. The number of rotatable bonds is 6. The first-order valence-electron chi connectivity index (χ1n) is 6.53. The van der Waals surface area contributed by atoms with Gasteiger partial charge in [0.15, 0.2) is 5.82 Å². The summed E-state index contributed by atoms with van der Waals surface area (Å²) < 4.78 is 39.9. The van der Waals surface area contributed by atoms with Gasteiger partial charge in [0.05, 0.1) is 6.54 Å². The summed E-state index contributed by atoms with van der Waals surface area (Å²) in [7, 11) is 0. The van der Waals surface area contributed by atoms with E-state index in [1.54, 1.807) is 24.3 Å². The van der Waals surface area contributed by atoms with Gasteiger partial charge >= 0.3 is 6.18 Å². The number of benzene rings is 1. The first-order chi connectivity index (χ1) is 10.9. The van der Waals surface area contributed by atoms with Crippen LogP contribution in [0, 0.1) is 0 Å². The molecule has 0 radical (unpaired) electrons. The zero-order valence-corrected chi connectivity index (χ0v) is 11.9. The van der Waals surface area contributed by atoms with E-state index in [2.05, 4.69) is 25.2 Å². The quantitative estimate of drug-likeness (QED) is 0.744. The molecule has 0 bridgehead atoms. The Morgan fingerprint density at radius 3 is 2.57 bits per heavy atom. The van der Waals surface area contributed by atoms with E-state index in [1.165, 1.54) is 0 Å². The summed E-state index contributed by atoms with van der Waals surface area (Å²) in [5, 5.41) is 9.08. The lowest BCUT2D eigenvalue weighted by atomic mass is 10.2. The number of nitrogens with one attached hydrogen (secondary N) is 2. The second-order valence-corrected chi connectivity index (χ2v) is 4.54. The van der Waals surface area contributed by atoms with E-state index in [9.17, 15) is 18.0 Å². The van der Waals surface area contributed by atoms with Gasteiger partial charge in [0.25, 0.3) is 0 Å². The smallest absolute Gasteiger partial charge is 0.362 e. The number of nitrogens with zero attached hydrogens (tertiary/aromatic N) is 2. The SMILES string of the molecule is NCc1nc(-c2ccc(NC(=O)COCC(F)(F)F)cc2)n[nH]1. The topological polar surface area (TPSA) is 106 Å². The number of carbonyl (C=O) groups excluding carboxylic acids is 1. The van der Waals surface area contributed by atoms with E-state index in [-0.39, 0.29) is 6.54 Å². The van der Waals surface area contributed by atoms with Crippen LogP contribution in [0.1, 0.15) is 5.82 Å². The molecule has 2 rings (SSSR count). The molecule has 23 heavy (non-hydrogen) atoms. The highest BCUT2D eigenvalue weighted by Gasteiger charge is 2.27. The van der Waals surface area contributed by atoms with Gasteiger partial charge in [-0.05, 0) is 24.3 Å². The summed E-state index contributed by atoms with van der Waals surface area (Å²) in [6, 6.07) is 6.48. The van der Waals surface area contributed by atoms with Gasteiger partial charge < -0.3 is 15.8 Å². The molecule has 0 aliphatic rings. The van der Waals surface area contributed by atoms with E-state index in [1.807, 2.05) is 0 Å². The van der Waals surface area contributed by atoms with Gasteiger partial charge in [-0.2, -0.15) is 18.3 Å². The van der Waals surface area contributed by atoms with Crippen LogP contribution in [0.5, 0.6) is 0 Å². The number of halogens is 3. The molecule has 1 heterocycles. The van der Waals surface area contributed by atoms with E-state index in [4.69, 9.17) is 5.73 Å². The van der Waals surface area contributed by atoms with Gasteiger partial charge in [-0.15, -0.1) is 0 Å². The average molecular weight is 329 g/mol. The predicted molar refractivity (Wildman–Crippen MR) is 75.2 cm³/mol. The molecular weight excluding hydrogens is 315 g/mol. The number of nitrogens with two attached hydrogens (primary N) is 1. The van der Waals surface area contributed by atoms with Crippen LogP contribution in [0.25, 0.3) is 11.4 Å². The Hall–Kier alpha value is -2.46. The molecule has 0 unspecified atom stereocenters. The maximum absolute atomic E-state index is 11.9. The highest BCUT2D eigenvalue weighted by molar-refractivity contribution is 5.91. The third-order valence-electron chi connectivity index (χ3n) is 2.65. The van der Waals surface area contributed by atoms with Gasteiger partial charge in [-0.1, -0.05) is 0 Å². The number of aromatic nitrogens is 3. The molecule has 124 valence electrons. The molecule has 0 aliphatic carbocycles. The minimum Gasteiger partial charge on any atom is -0.362 e. The molecule has 0 saturated carbocycles. The van der Waals surface area contributed by atoms with E-state index in [0.29, 0.717) is 22.9 Å². The van der Waals surface area contributed by atoms with Crippen LogP contribution < -0.4 is 11.1 Å². The zero-order valence-electron chi connectivity index (χ0n) is 11.9. The summed E-state index contributed by atoms with van der Waals surface area (Å²) in [4.78, 5) is 15.6. The first kappa shape index (κ1) is 16.9. The fraction of sp³-hybridized carbons (Fsp3) is 0.308. The fourth-order valence-electron chi connectivity index (χ4n) is 1.67. The number of carbonyl (C=O) groups is 1. The number of H-pyrrole nitrogens is 1. The largest absolute Gasteiger partial charge is 0.411 e. The normalized spacial score (nSPS) is 11.5. The Balaban J connectivity index is 1.88. The Kier molecular flexibility index (Phi) is 5.29. The summed E-state index contributed by atoms with van der Waals surface area (Å²) in [5.74, 6) is 0.321. The zero-order chi connectivity index (χ0) is 16.9. The summed E-state index contributed by atoms with van der Waals surface area (Å²) >= 11 is 0. The average Bonchev–Trinajstić information content (AvgIpc) is 2.95. The van der Waals surface area contributed by atoms with Crippen molar-refractivity contribution < 1.29 is 22.7 Å². The standard InChI is InChI=1S/C13H14F3N5O2/c14-13(15,16)7-23-6-11(22)18-9-3-1-8(2-4-9)12-19-10(5-17)20-21-12/h1-4H,5-7,17H2,(H,18,22)(H,19,20,21). The molecule has 1 amide bonds. The minimum absolute atomic E-state index is 0.235. The van der Waals surface area contributed by atoms with Crippen LogP contribution in [0.4, 0.5) is 18.9 Å². The van der Waals surface area contributed by atoms with Crippen molar-refractivity contribution in [2.75, 3.05) is 18.5 Å². The maximum Gasteiger partial charge on any atom is 0.411 e. The van der Waals surface area contributed by atoms with Crippen molar-refractivity contribution in [2.45, 2.75) is 12.7 Å². The highest BCUT2D eigenvalue weighted by Crippen LogP contribution is 2.18. The second kappa shape index (κ2) is 7.20. The monoisotopic (exact) mass is 329 g/mol. The minimum atomic E-state index is -4.46. The number of ether oxygens (including phenoxy) is 1. The van der Waals surface area contributed by atoms with E-state index < -0.39 is 25.3 Å². The number of hydrogen-bond acceptors (Lipinski definition) is 5. The molecular formula is C13H14F3N5O2. The molecule has 0 aliphatic heterocycles. The van der Waals surface area contributed by atoms with Crippen LogP contribution in [-0.2, 0) is 16.1 Å². The lowest BCUT2D eigenvalue weighted by molar-refractivity contribution is -0.174. The predicted octanol–water partition coefficient (Wildman–Crippen LogP) is 1.45. The molecule has 0 spiro atoms. The fourth-order valence-corrected chi connectivity index (χ4v) is 1.67. The molecule has 10 heteroatoms. The van der Waals surface area contributed by atoms with Crippen molar-refractivity contribution in [2.24, 2.45) is 5.73 Å². The maximum atomic E-state index is 11.9. The number of anilines is 1. The van der Waals surface area contributed by atoms with E-state index in [0.717, 1.165) is 0 Å². The van der Waals surface area contributed by atoms with Crippen molar-refractivity contribution in [3.05, 3.63) is 30.1 Å². The summed E-state index contributed by atoms with van der Waals surface area (Å²) in [6.07, 6.45) is -4.46. The van der Waals surface area contributed by atoms with Crippen LogP contribution >= 0.6 is 0 Å². The van der Waals surface area contributed by atoms with Gasteiger partial charge in [0.2, 0.25) is 5.91 Å². The molecule has 0 saturated heterocycles. The Morgan fingerprint density at radius 1 is 1.30 bits per heavy atom. The van der Waals surface area contributed by atoms with Crippen molar-refractivity contribution in [1.29, 1.82) is 0 Å². The van der Waals surface area contributed by atoms with E-state index >= 15 is 0 Å². The third kappa shape index (κ3) is 5.34. The molecule has 4 N–H and O–H groups in total. The number of alkyl halides is 3. The molecule has 0 atom stereocenters.